The van der Waals surface area contributed by atoms with E-state index < -0.39 is 0 Å². The monoisotopic (exact) mass is 210 g/mol. The number of allylic oxidation sites excluding steroid dienone is 1. The zero-order valence-corrected chi connectivity index (χ0v) is 10.8. The third kappa shape index (κ3) is 2.29. The first-order chi connectivity index (χ1) is 6.71. The van der Waals surface area contributed by atoms with Crippen LogP contribution in [-0.2, 0) is 9.31 Å². The lowest BCUT2D eigenvalue weighted by Crippen LogP contribution is -2.41. The van der Waals surface area contributed by atoms with Crippen LogP contribution < -0.4 is 0 Å². The molecule has 0 saturated carbocycles. The lowest BCUT2D eigenvalue weighted by Gasteiger charge is -2.32. The molecule has 0 bridgehead atoms. The van der Waals surface area contributed by atoms with Gasteiger partial charge in [0.2, 0.25) is 0 Å². The van der Waals surface area contributed by atoms with Gasteiger partial charge in [-0.05, 0) is 33.6 Å². The maximum Gasteiger partial charge on any atom is 0.465 e. The molecule has 1 atom stereocenters. The maximum atomic E-state index is 5.98. The molecule has 1 rings (SSSR count). The van der Waals surface area contributed by atoms with Crippen molar-refractivity contribution < 1.29 is 9.31 Å². The molecule has 0 N–H and O–H groups in total. The summed E-state index contributed by atoms with van der Waals surface area (Å²) in [6.45, 7) is 16.5. The van der Waals surface area contributed by atoms with Crippen molar-refractivity contribution in [2.75, 3.05) is 0 Å². The van der Waals surface area contributed by atoms with Crippen molar-refractivity contribution in [2.45, 2.75) is 58.6 Å². The molecule has 3 heteroatoms. The summed E-state index contributed by atoms with van der Waals surface area (Å²) >= 11 is 0. The van der Waals surface area contributed by atoms with Crippen molar-refractivity contribution in [1.82, 2.24) is 0 Å². The predicted molar refractivity (Wildman–Crippen MR) is 64.9 cm³/mol. The summed E-state index contributed by atoms with van der Waals surface area (Å²) in [6.07, 6.45) is 1.94. The summed E-state index contributed by atoms with van der Waals surface area (Å²) < 4.78 is 12.0. The highest BCUT2D eigenvalue weighted by Gasteiger charge is 2.53. The Balaban J connectivity index is 2.82. The molecule has 0 unspecified atom stereocenters. The van der Waals surface area contributed by atoms with E-state index in [4.69, 9.17) is 9.31 Å². The van der Waals surface area contributed by atoms with Crippen LogP contribution >= 0.6 is 0 Å². The normalized spacial score (nSPS) is 25.7. The molecule has 1 fully saturated rings. The van der Waals surface area contributed by atoms with Crippen molar-refractivity contribution in [1.29, 1.82) is 0 Å². The van der Waals surface area contributed by atoms with Crippen molar-refractivity contribution in [3.05, 3.63) is 12.7 Å². The second kappa shape index (κ2) is 3.95. The molecule has 0 aromatic rings. The highest BCUT2D eigenvalue weighted by atomic mass is 16.7. The van der Waals surface area contributed by atoms with Gasteiger partial charge in [-0.1, -0.05) is 19.9 Å². The van der Waals surface area contributed by atoms with E-state index >= 15 is 0 Å². The van der Waals surface area contributed by atoms with Gasteiger partial charge in [0.15, 0.2) is 0 Å². The quantitative estimate of drug-likeness (QED) is 0.525. The Kier molecular flexibility index (Phi) is 3.37. The zero-order chi connectivity index (χ0) is 11.9. The van der Waals surface area contributed by atoms with Gasteiger partial charge in [-0.25, -0.2) is 0 Å². The van der Waals surface area contributed by atoms with Crippen LogP contribution in [0.2, 0.25) is 5.82 Å². The van der Waals surface area contributed by atoms with E-state index in [0.29, 0.717) is 5.92 Å². The lowest BCUT2D eigenvalue weighted by atomic mass is 9.66. The molecule has 0 aromatic carbocycles. The summed E-state index contributed by atoms with van der Waals surface area (Å²) in [7, 11) is -0.160. The molecule has 0 amide bonds. The molecule has 1 aliphatic heterocycles. The van der Waals surface area contributed by atoms with E-state index in [1.165, 1.54) is 0 Å². The van der Waals surface area contributed by atoms with E-state index in [1.54, 1.807) is 0 Å². The van der Waals surface area contributed by atoms with Crippen LogP contribution in [0.25, 0.3) is 0 Å². The standard InChI is InChI=1S/C12H23BO2/c1-8-10(9(2)3)13-14-11(4,5)12(6,7)15-13/h8-10H,1H2,2-7H3/t10-/m0/s1. The minimum atomic E-state index is -0.242. The minimum Gasteiger partial charge on any atom is -0.403 e. The van der Waals surface area contributed by atoms with Gasteiger partial charge >= 0.3 is 7.12 Å². The number of hydrogen-bond acceptors (Lipinski definition) is 2. The molecule has 0 aliphatic carbocycles. The van der Waals surface area contributed by atoms with E-state index in [2.05, 4.69) is 48.1 Å². The third-order valence-electron chi connectivity index (χ3n) is 3.63. The molecular weight excluding hydrogens is 187 g/mol. The van der Waals surface area contributed by atoms with Crippen molar-refractivity contribution in [3.63, 3.8) is 0 Å². The first kappa shape index (κ1) is 12.8. The highest BCUT2D eigenvalue weighted by molar-refractivity contribution is 6.48. The Morgan fingerprint density at radius 3 is 1.73 bits per heavy atom. The maximum absolute atomic E-state index is 5.98. The van der Waals surface area contributed by atoms with Crippen LogP contribution in [0.15, 0.2) is 12.7 Å². The van der Waals surface area contributed by atoms with E-state index in [1.807, 2.05) is 6.08 Å². The Labute approximate surface area is 94.2 Å². The molecule has 15 heavy (non-hydrogen) atoms. The van der Waals surface area contributed by atoms with Crippen molar-refractivity contribution in [2.24, 2.45) is 5.92 Å². The van der Waals surface area contributed by atoms with Crippen molar-refractivity contribution in [3.8, 4) is 0 Å². The number of hydrogen-bond donors (Lipinski definition) is 0. The first-order valence-corrected chi connectivity index (χ1v) is 5.69. The van der Waals surface area contributed by atoms with Gasteiger partial charge in [0.25, 0.3) is 0 Å². The van der Waals surface area contributed by atoms with Gasteiger partial charge in [-0.2, -0.15) is 0 Å². The molecule has 1 aliphatic rings. The first-order valence-electron chi connectivity index (χ1n) is 5.69. The van der Waals surface area contributed by atoms with Gasteiger partial charge < -0.3 is 9.31 Å². The molecule has 0 aromatic heterocycles. The number of rotatable bonds is 3. The lowest BCUT2D eigenvalue weighted by molar-refractivity contribution is 0.00578. The summed E-state index contributed by atoms with van der Waals surface area (Å²) in [5.41, 5.74) is -0.484. The fraction of sp³-hybridized carbons (Fsp3) is 0.833. The molecule has 0 spiro atoms. The summed E-state index contributed by atoms with van der Waals surface area (Å²) in [5, 5.41) is 0. The van der Waals surface area contributed by atoms with E-state index in [0.717, 1.165) is 0 Å². The fourth-order valence-corrected chi connectivity index (χ4v) is 1.74. The van der Waals surface area contributed by atoms with Crippen LogP contribution in [0, 0.1) is 5.92 Å². The van der Waals surface area contributed by atoms with Crippen LogP contribution in [0.5, 0.6) is 0 Å². The molecule has 2 nitrogen and oxygen atoms in total. The largest absolute Gasteiger partial charge is 0.465 e. The smallest absolute Gasteiger partial charge is 0.403 e. The van der Waals surface area contributed by atoms with Gasteiger partial charge in [0, 0.05) is 5.82 Å². The van der Waals surface area contributed by atoms with Crippen LogP contribution in [0.1, 0.15) is 41.5 Å². The van der Waals surface area contributed by atoms with Gasteiger partial charge in [0.1, 0.15) is 0 Å². The summed E-state index contributed by atoms with van der Waals surface area (Å²) in [6, 6.07) is 0. The molecule has 1 heterocycles. The van der Waals surface area contributed by atoms with E-state index in [9.17, 15) is 0 Å². The van der Waals surface area contributed by atoms with Crippen LogP contribution in [0.3, 0.4) is 0 Å². The fourth-order valence-electron chi connectivity index (χ4n) is 1.74. The Bertz CT molecular complexity index is 230. The predicted octanol–water partition coefficient (Wildman–Crippen LogP) is 3.29. The van der Waals surface area contributed by atoms with Gasteiger partial charge in [-0.15, -0.1) is 6.58 Å². The third-order valence-corrected chi connectivity index (χ3v) is 3.63. The van der Waals surface area contributed by atoms with E-state index in [-0.39, 0.29) is 24.1 Å². The Hall–Kier alpha value is -0.275. The van der Waals surface area contributed by atoms with Crippen LogP contribution in [0.4, 0.5) is 0 Å². The SMILES string of the molecule is C=C[C@H](B1OC(C)(C)C(C)(C)O1)C(C)C. The minimum absolute atomic E-state index is 0.160. The zero-order valence-electron chi connectivity index (χ0n) is 10.8. The second-order valence-corrected chi connectivity index (χ2v) is 5.68. The van der Waals surface area contributed by atoms with Gasteiger partial charge in [-0.3, -0.25) is 0 Å². The summed E-state index contributed by atoms with van der Waals surface area (Å²) in [4.78, 5) is 0. The molecule has 86 valence electrons. The highest BCUT2D eigenvalue weighted by Crippen LogP contribution is 2.41. The Morgan fingerprint density at radius 1 is 1.07 bits per heavy atom. The average Bonchev–Trinajstić information content (AvgIpc) is 2.21. The second-order valence-electron chi connectivity index (χ2n) is 5.68. The average molecular weight is 210 g/mol. The summed E-state index contributed by atoms with van der Waals surface area (Å²) in [5.74, 6) is 0.739. The molecule has 0 radical (unpaired) electrons. The topological polar surface area (TPSA) is 18.5 Å². The van der Waals surface area contributed by atoms with Gasteiger partial charge in [0.05, 0.1) is 11.2 Å². The molecule has 1 saturated heterocycles. The molecular formula is C12H23BO2. The Morgan fingerprint density at radius 2 is 1.47 bits per heavy atom. The van der Waals surface area contributed by atoms with Crippen LogP contribution in [-0.4, -0.2) is 18.3 Å². The van der Waals surface area contributed by atoms with Crippen molar-refractivity contribution >= 4 is 7.12 Å².